The van der Waals surface area contributed by atoms with Gasteiger partial charge in [-0.1, -0.05) is 53.5 Å². The van der Waals surface area contributed by atoms with Crippen molar-refractivity contribution in [2.24, 2.45) is 0 Å². The molecule has 0 bridgehead atoms. The van der Waals surface area contributed by atoms with E-state index in [2.05, 4.69) is 15.6 Å². The number of hydrogen-bond donors (Lipinski definition) is 2. The lowest BCUT2D eigenvalue weighted by atomic mass is 10.2. The van der Waals surface area contributed by atoms with E-state index in [1.807, 2.05) is 37.3 Å². The minimum Gasteiger partial charge on any atom is -0.333 e. The second kappa shape index (κ2) is 7.87. The summed E-state index contributed by atoms with van der Waals surface area (Å²) < 4.78 is 0. The summed E-state index contributed by atoms with van der Waals surface area (Å²) in [6, 6.07) is 14.5. The number of anilines is 1. The molecule has 0 fully saturated rings. The maximum absolute atomic E-state index is 12.1. The number of aryl methyl sites for hydroxylation is 1. The Morgan fingerprint density at radius 1 is 1.16 bits per heavy atom. The highest BCUT2D eigenvalue weighted by Gasteiger charge is 2.11. The normalized spacial score (nSPS) is 10.5. The van der Waals surface area contributed by atoms with Gasteiger partial charge < -0.3 is 10.6 Å². The summed E-state index contributed by atoms with van der Waals surface area (Å²) in [7, 11) is 0. The van der Waals surface area contributed by atoms with Gasteiger partial charge in [0.15, 0.2) is 0 Å². The molecule has 1 heterocycles. The number of hydrogen-bond acceptors (Lipinski definition) is 3. The van der Waals surface area contributed by atoms with Crippen LogP contribution >= 0.6 is 34.5 Å². The fraction of sp³-hybridized carbons (Fsp3) is 0.111. The van der Waals surface area contributed by atoms with Crippen LogP contribution in [0.3, 0.4) is 0 Å². The predicted molar refractivity (Wildman–Crippen MR) is 105 cm³/mol. The summed E-state index contributed by atoms with van der Waals surface area (Å²) in [6.07, 6.45) is 0. The average molecular weight is 392 g/mol. The molecule has 0 atom stereocenters. The van der Waals surface area contributed by atoms with Gasteiger partial charge in [0.1, 0.15) is 5.01 Å². The van der Waals surface area contributed by atoms with Crippen molar-refractivity contribution >= 4 is 46.3 Å². The minimum absolute atomic E-state index is 0.335. The first kappa shape index (κ1) is 17.7. The number of nitrogens with one attached hydrogen (secondary N) is 2. The van der Waals surface area contributed by atoms with Gasteiger partial charge in [0, 0.05) is 15.5 Å². The molecule has 2 N–H and O–H groups in total. The van der Waals surface area contributed by atoms with Gasteiger partial charge in [0.2, 0.25) is 0 Å². The topological polar surface area (TPSA) is 54.0 Å². The summed E-state index contributed by atoms with van der Waals surface area (Å²) in [5.41, 5.74) is 2.49. The number of aromatic nitrogens is 1. The molecule has 4 nitrogen and oxygen atoms in total. The Bertz CT molecular complexity index is 897. The summed E-state index contributed by atoms with van der Waals surface area (Å²) >= 11 is 13.5. The number of amides is 2. The molecule has 0 unspecified atom stereocenters. The van der Waals surface area contributed by atoms with E-state index in [1.54, 1.807) is 29.5 Å². The Hall–Kier alpha value is -2.08. The third-order valence-electron chi connectivity index (χ3n) is 3.50. The van der Waals surface area contributed by atoms with Crippen LogP contribution in [0.1, 0.15) is 10.6 Å². The lowest BCUT2D eigenvalue weighted by molar-refractivity contribution is 0.252. The van der Waals surface area contributed by atoms with Crippen LogP contribution in [0.15, 0.2) is 48.5 Å². The molecule has 0 aliphatic rings. The third-order valence-corrected chi connectivity index (χ3v) is 5.26. The van der Waals surface area contributed by atoms with Gasteiger partial charge in [-0.05, 0) is 25.1 Å². The quantitative estimate of drug-likeness (QED) is 0.594. The average Bonchev–Trinajstić information content (AvgIpc) is 2.97. The van der Waals surface area contributed by atoms with E-state index in [1.165, 1.54) is 0 Å². The molecule has 0 aliphatic heterocycles. The van der Waals surface area contributed by atoms with Gasteiger partial charge in [0.25, 0.3) is 0 Å². The van der Waals surface area contributed by atoms with E-state index in [0.29, 0.717) is 22.3 Å². The second-order valence-electron chi connectivity index (χ2n) is 5.33. The Balaban J connectivity index is 1.63. The Labute approximate surface area is 159 Å². The van der Waals surface area contributed by atoms with Crippen molar-refractivity contribution in [2.75, 3.05) is 5.32 Å². The van der Waals surface area contributed by atoms with Gasteiger partial charge in [-0.25, -0.2) is 9.78 Å². The van der Waals surface area contributed by atoms with Crippen LogP contribution in [-0.4, -0.2) is 11.0 Å². The Morgan fingerprint density at radius 3 is 2.64 bits per heavy atom. The largest absolute Gasteiger partial charge is 0.333 e. The number of carbonyl (C=O) groups is 1. The molecule has 3 aromatic rings. The van der Waals surface area contributed by atoms with Crippen molar-refractivity contribution in [3.8, 4) is 10.6 Å². The molecule has 1 aromatic heterocycles. The van der Waals surface area contributed by atoms with Crippen LogP contribution in [0.4, 0.5) is 10.5 Å². The number of carbonyl (C=O) groups excluding carboxylic acids is 1. The highest BCUT2D eigenvalue weighted by molar-refractivity contribution is 7.15. The molecule has 3 rings (SSSR count). The first-order chi connectivity index (χ1) is 12.0. The predicted octanol–water partition coefficient (Wildman–Crippen LogP) is 5.75. The SMILES string of the molecule is Cc1nc(-c2ccccc2)sc1CNC(=O)Nc1ccc(Cl)cc1Cl. The zero-order valence-electron chi connectivity index (χ0n) is 13.3. The molecule has 2 amide bonds. The van der Waals surface area contributed by atoms with Crippen LogP contribution in [0.25, 0.3) is 10.6 Å². The number of rotatable bonds is 4. The van der Waals surface area contributed by atoms with Crippen molar-refractivity contribution in [3.05, 3.63) is 69.1 Å². The van der Waals surface area contributed by atoms with Crippen LogP contribution in [0.2, 0.25) is 10.0 Å². The maximum Gasteiger partial charge on any atom is 0.319 e. The first-order valence-corrected chi connectivity index (χ1v) is 9.12. The van der Waals surface area contributed by atoms with Crippen molar-refractivity contribution in [3.63, 3.8) is 0 Å². The molecule has 7 heteroatoms. The molecule has 128 valence electrons. The summed E-state index contributed by atoms with van der Waals surface area (Å²) in [5.74, 6) is 0. The molecule has 0 radical (unpaired) electrons. The molecule has 2 aromatic carbocycles. The lowest BCUT2D eigenvalue weighted by Gasteiger charge is -2.08. The summed E-state index contributed by atoms with van der Waals surface area (Å²) in [5, 5.41) is 7.38. The van der Waals surface area contributed by atoms with Crippen LogP contribution < -0.4 is 10.6 Å². The Morgan fingerprint density at radius 2 is 1.92 bits per heavy atom. The number of nitrogens with zero attached hydrogens (tertiary/aromatic N) is 1. The zero-order valence-corrected chi connectivity index (χ0v) is 15.7. The van der Waals surface area contributed by atoms with Crippen molar-refractivity contribution < 1.29 is 4.79 Å². The van der Waals surface area contributed by atoms with Crippen molar-refractivity contribution in [1.82, 2.24) is 10.3 Å². The van der Waals surface area contributed by atoms with Gasteiger partial charge in [0.05, 0.1) is 22.9 Å². The minimum atomic E-state index is -0.335. The number of benzene rings is 2. The van der Waals surface area contributed by atoms with Crippen LogP contribution in [-0.2, 0) is 6.54 Å². The third kappa shape index (κ3) is 4.51. The zero-order chi connectivity index (χ0) is 17.8. The van der Waals surface area contributed by atoms with Gasteiger partial charge in [-0.15, -0.1) is 11.3 Å². The molecular formula is C18H15Cl2N3OS. The molecule has 0 saturated carbocycles. The number of halogens is 2. The van der Waals surface area contributed by atoms with E-state index in [-0.39, 0.29) is 6.03 Å². The van der Waals surface area contributed by atoms with Gasteiger partial charge >= 0.3 is 6.03 Å². The van der Waals surface area contributed by atoms with Crippen LogP contribution in [0.5, 0.6) is 0 Å². The molecule has 0 spiro atoms. The monoisotopic (exact) mass is 391 g/mol. The van der Waals surface area contributed by atoms with Gasteiger partial charge in [-0.3, -0.25) is 0 Å². The molecule has 0 saturated heterocycles. The van der Waals surface area contributed by atoms with Gasteiger partial charge in [-0.2, -0.15) is 0 Å². The number of thiazole rings is 1. The summed E-state index contributed by atoms with van der Waals surface area (Å²) in [6.45, 7) is 2.33. The first-order valence-electron chi connectivity index (χ1n) is 7.54. The molecule has 25 heavy (non-hydrogen) atoms. The summed E-state index contributed by atoms with van der Waals surface area (Å²) in [4.78, 5) is 17.7. The highest BCUT2D eigenvalue weighted by atomic mass is 35.5. The fourth-order valence-electron chi connectivity index (χ4n) is 2.21. The highest BCUT2D eigenvalue weighted by Crippen LogP contribution is 2.28. The van der Waals surface area contributed by atoms with Crippen molar-refractivity contribution in [2.45, 2.75) is 13.5 Å². The fourth-order valence-corrected chi connectivity index (χ4v) is 3.68. The van der Waals surface area contributed by atoms with Crippen molar-refractivity contribution in [1.29, 1.82) is 0 Å². The Kier molecular flexibility index (Phi) is 5.58. The smallest absolute Gasteiger partial charge is 0.319 e. The lowest BCUT2D eigenvalue weighted by Crippen LogP contribution is -2.28. The van der Waals surface area contributed by atoms with E-state index >= 15 is 0 Å². The second-order valence-corrected chi connectivity index (χ2v) is 7.25. The van der Waals surface area contributed by atoms with E-state index in [4.69, 9.17) is 23.2 Å². The standard InChI is InChI=1S/C18H15Cl2N3OS/c1-11-16(25-17(22-11)12-5-3-2-4-6-12)10-21-18(24)23-15-8-7-13(19)9-14(15)20/h2-9H,10H2,1H3,(H2,21,23,24). The molecular weight excluding hydrogens is 377 g/mol. The van der Waals surface area contributed by atoms with E-state index in [9.17, 15) is 4.79 Å². The van der Waals surface area contributed by atoms with E-state index < -0.39 is 0 Å². The number of urea groups is 1. The maximum atomic E-state index is 12.1. The van der Waals surface area contributed by atoms with Crippen LogP contribution in [0, 0.1) is 6.92 Å². The molecule has 0 aliphatic carbocycles. The van der Waals surface area contributed by atoms with E-state index in [0.717, 1.165) is 21.1 Å².